The van der Waals surface area contributed by atoms with Crippen molar-refractivity contribution < 1.29 is 13.9 Å². The Kier molecular flexibility index (Phi) is 5.58. The van der Waals surface area contributed by atoms with Crippen LogP contribution in [0.1, 0.15) is 41.5 Å². The molecule has 2 heterocycles. The summed E-state index contributed by atoms with van der Waals surface area (Å²) in [7, 11) is 3.42. The number of rotatable bonds is 6. The molecule has 1 aromatic heterocycles. The first-order valence-electron chi connectivity index (χ1n) is 10.1. The van der Waals surface area contributed by atoms with Crippen molar-refractivity contribution in [1.29, 1.82) is 0 Å². The second-order valence-corrected chi connectivity index (χ2v) is 7.58. The Labute approximate surface area is 172 Å². The highest BCUT2D eigenvalue weighted by atomic mass is 16.5. The number of para-hydroxylation sites is 1. The van der Waals surface area contributed by atoms with Crippen LogP contribution in [0.15, 0.2) is 46.9 Å². The van der Waals surface area contributed by atoms with Crippen molar-refractivity contribution in [3.05, 3.63) is 65.0 Å². The lowest BCUT2D eigenvalue weighted by Gasteiger charge is -2.25. The van der Waals surface area contributed by atoms with Gasteiger partial charge in [-0.25, -0.2) is 4.98 Å². The van der Waals surface area contributed by atoms with Gasteiger partial charge in [-0.15, -0.1) is 0 Å². The summed E-state index contributed by atoms with van der Waals surface area (Å²) in [6, 6.07) is 14.7. The van der Waals surface area contributed by atoms with Gasteiger partial charge in [0.15, 0.2) is 0 Å². The average molecular weight is 392 g/mol. The lowest BCUT2D eigenvalue weighted by atomic mass is 10.0. The maximum atomic E-state index is 6.02. The summed E-state index contributed by atoms with van der Waals surface area (Å²) < 4.78 is 17.0. The largest absolute Gasteiger partial charge is 0.496 e. The fraction of sp³-hybridized carbons (Fsp3) is 0.375. The Morgan fingerprint density at radius 3 is 2.62 bits per heavy atom. The Balaban J connectivity index is 1.57. The Morgan fingerprint density at radius 2 is 1.86 bits per heavy atom. The van der Waals surface area contributed by atoms with Gasteiger partial charge in [-0.2, -0.15) is 0 Å². The van der Waals surface area contributed by atoms with E-state index >= 15 is 0 Å². The minimum Gasteiger partial charge on any atom is -0.496 e. The Hall–Kier alpha value is -2.79. The average Bonchev–Trinajstić information content (AvgIpc) is 3.35. The van der Waals surface area contributed by atoms with Crippen LogP contribution in [0, 0.1) is 13.8 Å². The third kappa shape index (κ3) is 3.87. The number of oxazole rings is 1. The molecule has 0 aliphatic carbocycles. The summed E-state index contributed by atoms with van der Waals surface area (Å²) in [5.74, 6) is 3.36. The highest BCUT2D eigenvalue weighted by molar-refractivity contribution is 5.57. The molecule has 0 bridgehead atoms. The van der Waals surface area contributed by atoms with E-state index in [1.54, 1.807) is 14.2 Å². The van der Waals surface area contributed by atoms with Crippen LogP contribution >= 0.6 is 0 Å². The number of hydrogen-bond acceptors (Lipinski definition) is 5. The first-order chi connectivity index (χ1) is 14.1. The van der Waals surface area contributed by atoms with Crippen LogP contribution in [0.3, 0.4) is 0 Å². The van der Waals surface area contributed by atoms with Gasteiger partial charge in [0, 0.05) is 23.7 Å². The first kappa shape index (κ1) is 19.5. The van der Waals surface area contributed by atoms with Gasteiger partial charge in [-0.3, -0.25) is 4.90 Å². The molecule has 152 valence electrons. The zero-order valence-electron chi connectivity index (χ0n) is 17.6. The van der Waals surface area contributed by atoms with E-state index < -0.39 is 0 Å². The zero-order valence-corrected chi connectivity index (χ0v) is 17.6. The summed E-state index contributed by atoms with van der Waals surface area (Å²) in [6.07, 6.45) is 2.30. The number of likely N-dealkylation sites (tertiary alicyclic amines) is 1. The molecule has 5 nitrogen and oxygen atoms in total. The highest BCUT2D eigenvalue weighted by Gasteiger charge is 2.29. The molecule has 4 rings (SSSR count). The Morgan fingerprint density at radius 1 is 1.07 bits per heavy atom. The van der Waals surface area contributed by atoms with Crippen LogP contribution in [-0.2, 0) is 6.54 Å². The smallest absolute Gasteiger partial charge is 0.226 e. The van der Waals surface area contributed by atoms with E-state index in [0.717, 1.165) is 53.6 Å². The van der Waals surface area contributed by atoms with E-state index in [9.17, 15) is 0 Å². The second kappa shape index (κ2) is 8.29. The topological polar surface area (TPSA) is 47.7 Å². The molecule has 0 N–H and O–H groups in total. The third-order valence-electron chi connectivity index (χ3n) is 5.75. The molecule has 1 aliphatic rings. The number of ether oxygens (including phenoxy) is 2. The maximum absolute atomic E-state index is 6.02. The molecule has 0 radical (unpaired) electrons. The quantitative estimate of drug-likeness (QED) is 0.569. The molecule has 1 atom stereocenters. The molecular weight excluding hydrogens is 364 g/mol. The van der Waals surface area contributed by atoms with Crippen molar-refractivity contribution in [2.24, 2.45) is 0 Å². The SMILES string of the molecule is COc1ccc(-c2nc(CN3CCCC3c3ccccc3OC)c(C)o2)cc1C. The van der Waals surface area contributed by atoms with E-state index in [-0.39, 0.29) is 0 Å². The maximum Gasteiger partial charge on any atom is 0.226 e. The normalized spacial score (nSPS) is 16.9. The van der Waals surface area contributed by atoms with E-state index in [2.05, 4.69) is 23.1 Å². The predicted molar refractivity (Wildman–Crippen MR) is 113 cm³/mol. The monoisotopic (exact) mass is 392 g/mol. The summed E-state index contributed by atoms with van der Waals surface area (Å²) in [4.78, 5) is 7.31. The van der Waals surface area contributed by atoms with Gasteiger partial charge in [0.25, 0.3) is 0 Å². The van der Waals surface area contributed by atoms with Gasteiger partial charge < -0.3 is 13.9 Å². The van der Waals surface area contributed by atoms with Crippen molar-refractivity contribution in [2.45, 2.75) is 39.3 Å². The molecule has 0 amide bonds. The van der Waals surface area contributed by atoms with Crippen LogP contribution in [0.4, 0.5) is 0 Å². The van der Waals surface area contributed by atoms with E-state index in [1.165, 1.54) is 12.0 Å². The number of benzene rings is 2. The fourth-order valence-electron chi connectivity index (χ4n) is 4.21. The van der Waals surface area contributed by atoms with Crippen LogP contribution in [-0.4, -0.2) is 30.6 Å². The van der Waals surface area contributed by atoms with Gasteiger partial charge in [-0.1, -0.05) is 18.2 Å². The molecule has 0 spiro atoms. The van der Waals surface area contributed by atoms with Gasteiger partial charge in [0.1, 0.15) is 17.3 Å². The summed E-state index contributed by atoms with van der Waals surface area (Å²) in [6.45, 7) is 5.84. The zero-order chi connectivity index (χ0) is 20.4. The van der Waals surface area contributed by atoms with Crippen molar-refractivity contribution in [1.82, 2.24) is 9.88 Å². The first-order valence-corrected chi connectivity index (χ1v) is 10.1. The minimum atomic E-state index is 0.342. The van der Waals surface area contributed by atoms with Crippen molar-refractivity contribution >= 4 is 0 Å². The lowest BCUT2D eigenvalue weighted by molar-refractivity contribution is 0.239. The van der Waals surface area contributed by atoms with Gasteiger partial charge in [0.05, 0.1) is 19.9 Å². The van der Waals surface area contributed by atoms with Crippen LogP contribution < -0.4 is 9.47 Å². The van der Waals surface area contributed by atoms with Crippen molar-refractivity contribution in [3.63, 3.8) is 0 Å². The lowest BCUT2D eigenvalue weighted by Crippen LogP contribution is -2.23. The standard InChI is InChI=1S/C24H28N2O3/c1-16-14-18(11-12-22(16)27-3)24-25-20(17(2)29-24)15-26-13-7-9-21(26)19-8-5-6-10-23(19)28-4/h5-6,8,10-12,14,21H,7,9,13,15H2,1-4H3. The van der Waals surface area contributed by atoms with Crippen LogP contribution in [0.25, 0.3) is 11.5 Å². The van der Waals surface area contributed by atoms with Crippen LogP contribution in [0.5, 0.6) is 11.5 Å². The van der Waals surface area contributed by atoms with E-state index in [1.807, 2.05) is 38.1 Å². The molecule has 29 heavy (non-hydrogen) atoms. The van der Waals surface area contributed by atoms with Gasteiger partial charge in [0.2, 0.25) is 5.89 Å². The number of methoxy groups -OCH3 is 2. The second-order valence-electron chi connectivity index (χ2n) is 7.58. The molecule has 1 unspecified atom stereocenters. The molecule has 5 heteroatoms. The molecule has 1 fully saturated rings. The highest BCUT2D eigenvalue weighted by Crippen LogP contribution is 2.38. The molecule has 2 aromatic carbocycles. The van der Waals surface area contributed by atoms with Crippen LogP contribution in [0.2, 0.25) is 0 Å². The summed E-state index contributed by atoms with van der Waals surface area (Å²) >= 11 is 0. The molecule has 3 aromatic rings. The third-order valence-corrected chi connectivity index (χ3v) is 5.75. The van der Waals surface area contributed by atoms with Gasteiger partial charge >= 0.3 is 0 Å². The molecular formula is C24H28N2O3. The summed E-state index contributed by atoms with van der Waals surface area (Å²) in [5.41, 5.74) is 4.29. The Bertz CT molecular complexity index is 996. The number of aromatic nitrogens is 1. The predicted octanol–water partition coefficient (Wildman–Crippen LogP) is 5.31. The minimum absolute atomic E-state index is 0.342. The molecule has 1 aliphatic heterocycles. The van der Waals surface area contributed by atoms with E-state index in [4.69, 9.17) is 18.9 Å². The van der Waals surface area contributed by atoms with E-state index in [0.29, 0.717) is 11.9 Å². The number of hydrogen-bond donors (Lipinski definition) is 0. The molecule has 1 saturated heterocycles. The summed E-state index contributed by atoms with van der Waals surface area (Å²) in [5, 5.41) is 0. The fourth-order valence-corrected chi connectivity index (χ4v) is 4.21. The van der Waals surface area contributed by atoms with Crippen molar-refractivity contribution in [2.75, 3.05) is 20.8 Å². The van der Waals surface area contributed by atoms with Gasteiger partial charge in [-0.05, 0) is 63.1 Å². The number of nitrogens with zero attached hydrogens (tertiary/aromatic N) is 2. The number of aryl methyl sites for hydroxylation is 2. The van der Waals surface area contributed by atoms with Crippen molar-refractivity contribution in [3.8, 4) is 23.0 Å². The molecule has 0 saturated carbocycles.